The van der Waals surface area contributed by atoms with Crippen molar-refractivity contribution in [3.8, 4) is 17.3 Å². The number of para-hydroxylation sites is 1. The maximum absolute atomic E-state index is 15.0. The Labute approximate surface area is 200 Å². The predicted octanol–water partition coefficient (Wildman–Crippen LogP) is 4.81. The number of nitrogens with zero attached hydrogens (tertiary/aromatic N) is 5. The monoisotopic (exact) mass is 481 g/mol. The maximum atomic E-state index is 15.0. The minimum atomic E-state index is -1.39. The number of alkyl halides is 1. The molecule has 3 aromatic heterocycles. The molecule has 1 saturated heterocycles. The van der Waals surface area contributed by atoms with E-state index in [4.69, 9.17) is 14.5 Å². The van der Waals surface area contributed by atoms with E-state index < -0.39 is 29.8 Å². The molecule has 10 heteroatoms. The van der Waals surface area contributed by atoms with E-state index in [0.717, 1.165) is 5.39 Å². The number of rotatable bonds is 3. The van der Waals surface area contributed by atoms with Crippen molar-refractivity contribution in [1.82, 2.24) is 24.5 Å². The number of hydrogen-bond donors (Lipinski definition) is 0. The zero-order valence-corrected chi connectivity index (χ0v) is 19.6. The van der Waals surface area contributed by atoms with Crippen LogP contribution in [0.3, 0.4) is 0 Å². The highest BCUT2D eigenvalue weighted by molar-refractivity contribution is 5.86. The number of carbonyl (C=O) groups excluding carboxylic acids is 1. The molecule has 1 aliphatic rings. The van der Waals surface area contributed by atoms with Crippen molar-refractivity contribution in [2.45, 2.75) is 45.1 Å². The number of fused-ring (bicyclic) bond motifs is 2. The summed E-state index contributed by atoms with van der Waals surface area (Å²) in [5.41, 5.74) is 0.845. The number of hydrogen-bond acceptors (Lipinski definition) is 6. The Bertz CT molecular complexity index is 1400. The number of carbonyl (C=O) groups is 1. The van der Waals surface area contributed by atoms with Crippen molar-refractivity contribution in [2.24, 2.45) is 0 Å². The number of ether oxygens (including phenoxy) is 2. The molecular weight excluding hydrogens is 456 g/mol. The zero-order chi connectivity index (χ0) is 24.7. The third-order valence-electron chi connectivity index (χ3n) is 5.69. The van der Waals surface area contributed by atoms with Crippen molar-refractivity contribution >= 4 is 22.6 Å². The summed E-state index contributed by atoms with van der Waals surface area (Å²) < 4.78 is 41.8. The molecule has 1 aliphatic heterocycles. The number of benzene rings is 1. The number of pyridine rings is 2. The van der Waals surface area contributed by atoms with Gasteiger partial charge in [-0.25, -0.2) is 18.6 Å². The SMILES string of the molecule is CC(C)(C)OC(=O)N1CCC(Oc2cccc3ccc(-c4nnc5ccc(F)cn45)nc23)C(F)C1. The van der Waals surface area contributed by atoms with Gasteiger partial charge in [0.2, 0.25) is 0 Å². The van der Waals surface area contributed by atoms with Gasteiger partial charge in [-0.15, -0.1) is 10.2 Å². The van der Waals surface area contributed by atoms with Gasteiger partial charge in [0, 0.05) is 24.5 Å². The summed E-state index contributed by atoms with van der Waals surface area (Å²) in [6.45, 7) is 5.53. The van der Waals surface area contributed by atoms with Gasteiger partial charge in [-0.05, 0) is 45.0 Å². The molecule has 35 heavy (non-hydrogen) atoms. The highest BCUT2D eigenvalue weighted by Gasteiger charge is 2.35. The number of amides is 1. The van der Waals surface area contributed by atoms with Crippen molar-refractivity contribution in [1.29, 1.82) is 0 Å². The van der Waals surface area contributed by atoms with Gasteiger partial charge in [-0.3, -0.25) is 4.40 Å². The lowest BCUT2D eigenvalue weighted by Gasteiger charge is -2.35. The Kier molecular flexibility index (Phi) is 5.74. The minimum absolute atomic E-state index is 0.111. The Morgan fingerprint density at radius 3 is 2.71 bits per heavy atom. The number of likely N-dealkylation sites (tertiary alicyclic amines) is 1. The quantitative estimate of drug-likeness (QED) is 0.418. The van der Waals surface area contributed by atoms with Gasteiger partial charge in [0.15, 0.2) is 17.6 Å². The van der Waals surface area contributed by atoms with Gasteiger partial charge in [0.05, 0.1) is 6.54 Å². The van der Waals surface area contributed by atoms with Crippen LogP contribution in [0, 0.1) is 5.82 Å². The van der Waals surface area contributed by atoms with E-state index in [1.54, 1.807) is 32.9 Å². The molecule has 0 saturated carbocycles. The third kappa shape index (κ3) is 4.73. The average Bonchev–Trinajstić information content (AvgIpc) is 3.22. The van der Waals surface area contributed by atoms with Gasteiger partial charge in [0.1, 0.15) is 34.5 Å². The summed E-state index contributed by atoms with van der Waals surface area (Å²) in [5.74, 6) is 0.378. The molecule has 0 aliphatic carbocycles. The molecule has 0 N–H and O–H groups in total. The standard InChI is InChI=1S/C25H25F2N5O3/c1-25(2,3)35-24(33)31-12-11-19(17(27)14-31)34-20-6-4-5-15-7-9-18(28-22(15)20)23-30-29-21-10-8-16(26)13-32(21)23/h4-10,13,17,19H,11-12,14H2,1-3H3. The van der Waals surface area contributed by atoms with E-state index >= 15 is 4.39 Å². The van der Waals surface area contributed by atoms with Crippen molar-refractivity contribution in [3.63, 3.8) is 0 Å². The van der Waals surface area contributed by atoms with Gasteiger partial charge >= 0.3 is 6.09 Å². The lowest BCUT2D eigenvalue weighted by atomic mass is 10.1. The van der Waals surface area contributed by atoms with Crippen molar-refractivity contribution < 1.29 is 23.0 Å². The molecule has 4 aromatic rings. The highest BCUT2D eigenvalue weighted by Crippen LogP contribution is 2.30. The highest BCUT2D eigenvalue weighted by atomic mass is 19.1. The number of aromatic nitrogens is 4. The second-order valence-electron chi connectivity index (χ2n) is 9.51. The van der Waals surface area contributed by atoms with Crippen LogP contribution in [0.25, 0.3) is 28.1 Å². The smallest absolute Gasteiger partial charge is 0.410 e. The maximum Gasteiger partial charge on any atom is 0.410 e. The molecule has 182 valence electrons. The molecule has 5 rings (SSSR count). The van der Waals surface area contributed by atoms with Crippen LogP contribution < -0.4 is 4.74 Å². The minimum Gasteiger partial charge on any atom is -0.485 e. The predicted molar refractivity (Wildman–Crippen MR) is 125 cm³/mol. The Balaban J connectivity index is 1.39. The van der Waals surface area contributed by atoms with E-state index in [0.29, 0.717) is 41.4 Å². The molecule has 4 heterocycles. The molecule has 2 unspecified atom stereocenters. The first-order valence-electron chi connectivity index (χ1n) is 11.4. The average molecular weight is 482 g/mol. The summed E-state index contributed by atoms with van der Waals surface area (Å²) >= 11 is 0. The van der Waals surface area contributed by atoms with Crippen LogP contribution in [0.15, 0.2) is 48.7 Å². The van der Waals surface area contributed by atoms with Crippen LogP contribution in [-0.2, 0) is 4.74 Å². The molecule has 8 nitrogen and oxygen atoms in total. The summed E-state index contributed by atoms with van der Waals surface area (Å²) in [6, 6.07) is 11.9. The molecule has 1 amide bonds. The molecule has 1 aromatic carbocycles. The fraction of sp³-hybridized carbons (Fsp3) is 0.360. The van der Waals surface area contributed by atoms with Crippen LogP contribution in [0.2, 0.25) is 0 Å². The number of piperidine rings is 1. The van der Waals surface area contributed by atoms with Gasteiger partial charge in [0.25, 0.3) is 0 Å². The third-order valence-corrected chi connectivity index (χ3v) is 5.69. The molecule has 2 atom stereocenters. The van der Waals surface area contributed by atoms with E-state index in [1.165, 1.54) is 27.6 Å². The van der Waals surface area contributed by atoms with Crippen molar-refractivity contribution in [3.05, 3.63) is 54.5 Å². The topological polar surface area (TPSA) is 81.8 Å². The van der Waals surface area contributed by atoms with Crippen LogP contribution in [0.4, 0.5) is 13.6 Å². The molecule has 1 fully saturated rings. The van der Waals surface area contributed by atoms with Crippen LogP contribution in [0.1, 0.15) is 27.2 Å². The first-order valence-corrected chi connectivity index (χ1v) is 11.4. The normalized spacial score (nSPS) is 18.7. The summed E-state index contributed by atoms with van der Waals surface area (Å²) in [5, 5.41) is 9.02. The van der Waals surface area contributed by atoms with E-state index in [2.05, 4.69) is 10.2 Å². The fourth-order valence-electron chi connectivity index (χ4n) is 4.05. The largest absolute Gasteiger partial charge is 0.485 e. The molecule has 0 spiro atoms. The van der Waals surface area contributed by atoms with Gasteiger partial charge in [-0.1, -0.05) is 18.2 Å². The summed E-state index contributed by atoms with van der Waals surface area (Å²) in [4.78, 5) is 18.4. The van der Waals surface area contributed by atoms with Gasteiger partial charge in [-0.2, -0.15) is 0 Å². The fourth-order valence-corrected chi connectivity index (χ4v) is 4.05. The van der Waals surface area contributed by atoms with Crippen LogP contribution in [-0.4, -0.2) is 61.5 Å². The summed E-state index contributed by atoms with van der Waals surface area (Å²) in [6.07, 6.45) is -1.06. The molecule has 0 bridgehead atoms. The number of halogens is 2. The lowest BCUT2D eigenvalue weighted by Crippen LogP contribution is -2.50. The van der Waals surface area contributed by atoms with Gasteiger partial charge < -0.3 is 14.4 Å². The van der Waals surface area contributed by atoms with Crippen LogP contribution >= 0.6 is 0 Å². The zero-order valence-electron chi connectivity index (χ0n) is 19.6. The van der Waals surface area contributed by atoms with E-state index in [1.807, 2.05) is 18.2 Å². The Morgan fingerprint density at radius 1 is 1.11 bits per heavy atom. The van der Waals surface area contributed by atoms with Crippen LogP contribution in [0.5, 0.6) is 5.75 Å². The second-order valence-corrected chi connectivity index (χ2v) is 9.51. The molecule has 0 radical (unpaired) electrons. The second kappa shape index (κ2) is 8.75. The lowest BCUT2D eigenvalue weighted by molar-refractivity contribution is -0.0102. The summed E-state index contributed by atoms with van der Waals surface area (Å²) in [7, 11) is 0. The molecular formula is C25H25F2N5O3. The van der Waals surface area contributed by atoms with E-state index in [9.17, 15) is 9.18 Å². The Hall–Kier alpha value is -3.82. The van der Waals surface area contributed by atoms with Crippen molar-refractivity contribution in [2.75, 3.05) is 13.1 Å². The Morgan fingerprint density at radius 2 is 1.94 bits per heavy atom. The van der Waals surface area contributed by atoms with E-state index in [-0.39, 0.29) is 6.54 Å². The first kappa shape index (κ1) is 22.9. The first-order chi connectivity index (χ1) is 16.7.